The lowest BCUT2D eigenvalue weighted by Gasteiger charge is -2.05. The predicted octanol–water partition coefficient (Wildman–Crippen LogP) is 2.09. The van der Waals surface area contributed by atoms with Crippen LogP contribution in [0.15, 0.2) is 18.2 Å². The van der Waals surface area contributed by atoms with Crippen LogP contribution in [-0.4, -0.2) is 17.9 Å². The molecular weight excluding hydrogens is 225 g/mol. The monoisotopic (exact) mass is 234 g/mol. The minimum Gasteiger partial charge on any atom is -0.307 e. The second-order valence-electron chi connectivity index (χ2n) is 3.03. The summed E-state index contributed by atoms with van der Waals surface area (Å²) in [5.74, 6) is -0.991. The number of benzene rings is 1. The van der Waals surface area contributed by atoms with Crippen molar-refractivity contribution in [3.05, 3.63) is 39.7 Å². The van der Waals surface area contributed by atoms with Crippen LogP contribution in [0.25, 0.3) is 0 Å². The topological polar surface area (TPSA) is 55.2 Å². The molecule has 0 radical (unpaired) electrons. The number of nitrogens with one attached hydrogen (secondary N) is 1. The molecule has 0 saturated heterocycles. The number of hydrogen-bond donors (Lipinski definition) is 1. The summed E-state index contributed by atoms with van der Waals surface area (Å²) in [5.41, 5.74) is -0.661. The van der Waals surface area contributed by atoms with Crippen molar-refractivity contribution in [2.75, 3.05) is 6.54 Å². The lowest BCUT2D eigenvalue weighted by Crippen LogP contribution is -2.21. The number of alkyl halides is 2. The molecule has 0 unspecified atom stereocenters. The fourth-order valence-electron chi connectivity index (χ4n) is 1.16. The van der Waals surface area contributed by atoms with Gasteiger partial charge in [-0.25, -0.2) is 8.78 Å². The molecule has 0 fully saturated rings. The van der Waals surface area contributed by atoms with Gasteiger partial charge in [-0.3, -0.25) is 10.1 Å². The number of halogens is 3. The number of nitro groups is 1. The second-order valence-corrected chi connectivity index (χ2v) is 3.03. The highest BCUT2D eigenvalue weighted by Crippen LogP contribution is 2.19. The van der Waals surface area contributed by atoms with E-state index in [1.54, 1.807) is 0 Å². The minimum absolute atomic E-state index is 0.00477. The van der Waals surface area contributed by atoms with E-state index in [2.05, 4.69) is 5.32 Å². The first-order valence-corrected chi connectivity index (χ1v) is 4.43. The summed E-state index contributed by atoms with van der Waals surface area (Å²) in [5, 5.41) is 12.7. The van der Waals surface area contributed by atoms with Gasteiger partial charge in [-0.2, -0.15) is 4.39 Å². The van der Waals surface area contributed by atoms with Gasteiger partial charge < -0.3 is 5.32 Å². The van der Waals surface area contributed by atoms with Gasteiger partial charge in [0.2, 0.25) is 5.82 Å². The largest absolute Gasteiger partial charge is 0.307 e. The van der Waals surface area contributed by atoms with Crippen LogP contribution in [-0.2, 0) is 6.54 Å². The normalized spacial score (nSPS) is 10.8. The van der Waals surface area contributed by atoms with Crippen LogP contribution in [0.2, 0.25) is 0 Å². The summed E-state index contributed by atoms with van der Waals surface area (Å²) in [4.78, 5) is 9.53. The van der Waals surface area contributed by atoms with Crippen molar-refractivity contribution >= 4 is 5.69 Å². The predicted molar refractivity (Wildman–Crippen MR) is 50.8 cm³/mol. The number of nitro benzene ring substituents is 1. The van der Waals surface area contributed by atoms with Crippen LogP contribution in [0.4, 0.5) is 18.9 Å². The van der Waals surface area contributed by atoms with Crippen molar-refractivity contribution in [1.82, 2.24) is 5.32 Å². The fraction of sp³-hybridized carbons (Fsp3) is 0.333. The highest BCUT2D eigenvalue weighted by atomic mass is 19.3. The zero-order chi connectivity index (χ0) is 12.1. The first-order chi connectivity index (χ1) is 7.52. The molecule has 0 heterocycles. The smallest absolute Gasteiger partial charge is 0.305 e. The SMILES string of the molecule is O=[N+]([O-])c1cccc(CNCC(F)F)c1F. The van der Waals surface area contributed by atoms with Crippen LogP contribution in [0.1, 0.15) is 5.56 Å². The third-order valence-electron chi connectivity index (χ3n) is 1.87. The molecule has 0 spiro atoms. The van der Waals surface area contributed by atoms with Crippen molar-refractivity contribution < 1.29 is 18.1 Å². The molecule has 88 valence electrons. The van der Waals surface area contributed by atoms with Gasteiger partial charge in [-0.15, -0.1) is 0 Å². The van der Waals surface area contributed by atoms with Crippen LogP contribution in [0.5, 0.6) is 0 Å². The van der Waals surface area contributed by atoms with Crippen LogP contribution >= 0.6 is 0 Å². The van der Waals surface area contributed by atoms with Crippen molar-refractivity contribution in [1.29, 1.82) is 0 Å². The van der Waals surface area contributed by atoms with Crippen molar-refractivity contribution in [3.63, 3.8) is 0 Å². The molecule has 1 N–H and O–H groups in total. The lowest BCUT2D eigenvalue weighted by atomic mass is 10.2. The summed E-state index contributed by atoms with van der Waals surface area (Å²) >= 11 is 0. The Hall–Kier alpha value is -1.63. The average molecular weight is 234 g/mol. The highest BCUT2D eigenvalue weighted by Gasteiger charge is 2.16. The quantitative estimate of drug-likeness (QED) is 0.626. The van der Waals surface area contributed by atoms with E-state index in [0.29, 0.717) is 0 Å². The third-order valence-corrected chi connectivity index (χ3v) is 1.87. The molecule has 0 aliphatic rings. The Labute approximate surface area is 89.2 Å². The summed E-state index contributed by atoms with van der Waals surface area (Å²) in [6.45, 7) is -0.750. The highest BCUT2D eigenvalue weighted by molar-refractivity contribution is 5.36. The Kier molecular flexibility index (Phi) is 4.24. The summed E-state index contributed by atoms with van der Waals surface area (Å²) in [6, 6.07) is 3.63. The molecule has 1 aromatic carbocycles. The maximum absolute atomic E-state index is 13.4. The van der Waals surface area contributed by atoms with Crippen molar-refractivity contribution in [2.45, 2.75) is 13.0 Å². The molecule has 1 aromatic rings. The summed E-state index contributed by atoms with van der Waals surface area (Å²) in [7, 11) is 0. The molecule has 0 saturated carbocycles. The Balaban J connectivity index is 2.73. The number of nitrogens with zero attached hydrogens (tertiary/aromatic N) is 1. The molecule has 0 aromatic heterocycles. The molecular formula is C9H9F3N2O2. The van der Waals surface area contributed by atoms with Gasteiger partial charge in [0.1, 0.15) is 0 Å². The Morgan fingerprint density at radius 2 is 2.12 bits per heavy atom. The molecule has 0 amide bonds. The van der Waals surface area contributed by atoms with Gasteiger partial charge in [0.15, 0.2) is 0 Å². The van der Waals surface area contributed by atoms with Gasteiger partial charge in [0.05, 0.1) is 11.5 Å². The van der Waals surface area contributed by atoms with Crippen LogP contribution in [0, 0.1) is 15.9 Å². The van der Waals surface area contributed by atoms with Crippen LogP contribution in [0.3, 0.4) is 0 Å². The molecule has 1 rings (SSSR count). The van der Waals surface area contributed by atoms with Gasteiger partial charge in [-0.05, 0) is 0 Å². The molecule has 0 aliphatic heterocycles. The third kappa shape index (κ3) is 3.20. The minimum atomic E-state index is -2.54. The number of rotatable bonds is 5. The fourth-order valence-corrected chi connectivity index (χ4v) is 1.16. The van der Waals surface area contributed by atoms with E-state index >= 15 is 0 Å². The molecule has 7 heteroatoms. The van der Waals surface area contributed by atoms with E-state index in [-0.39, 0.29) is 12.1 Å². The molecule has 4 nitrogen and oxygen atoms in total. The van der Waals surface area contributed by atoms with Gasteiger partial charge in [-0.1, -0.05) is 12.1 Å². The van der Waals surface area contributed by atoms with Gasteiger partial charge in [0.25, 0.3) is 6.43 Å². The average Bonchev–Trinajstić information content (AvgIpc) is 2.19. The molecule has 0 bridgehead atoms. The van der Waals surface area contributed by atoms with E-state index in [1.807, 2.05) is 0 Å². The Bertz CT molecular complexity index is 385. The van der Waals surface area contributed by atoms with E-state index in [0.717, 1.165) is 6.07 Å². The maximum Gasteiger partial charge on any atom is 0.305 e. The first kappa shape index (κ1) is 12.4. The second kappa shape index (κ2) is 5.45. The van der Waals surface area contributed by atoms with E-state index in [1.165, 1.54) is 12.1 Å². The lowest BCUT2D eigenvalue weighted by molar-refractivity contribution is -0.387. The number of hydrogen-bond acceptors (Lipinski definition) is 3. The Morgan fingerprint density at radius 1 is 1.44 bits per heavy atom. The first-order valence-electron chi connectivity index (χ1n) is 4.43. The molecule has 0 aliphatic carbocycles. The van der Waals surface area contributed by atoms with Crippen molar-refractivity contribution in [2.24, 2.45) is 0 Å². The summed E-state index contributed by atoms with van der Waals surface area (Å²) < 4.78 is 36.9. The molecule has 0 atom stereocenters. The van der Waals surface area contributed by atoms with Gasteiger partial charge >= 0.3 is 5.69 Å². The van der Waals surface area contributed by atoms with Gasteiger partial charge in [0, 0.05) is 18.2 Å². The molecule has 16 heavy (non-hydrogen) atoms. The van der Waals surface area contributed by atoms with Crippen LogP contribution < -0.4 is 5.32 Å². The zero-order valence-electron chi connectivity index (χ0n) is 8.12. The van der Waals surface area contributed by atoms with Crippen molar-refractivity contribution in [3.8, 4) is 0 Å². The standard InChI is InChI=1S/C9H9F3N2O2/c10-8(11)5-13-4-6-2-1-3-7(9(6)12)14(15)16/h1-3,8,13H,4-5H2. The maximum atomic E-state index is 13.4. The van der Waals surface area contributed by atoms with E-state index in [4.69, 9.17) is 0 Å². The summed E-state index contributed by atoms with van der Waals surface area (Å²) in [6.07, 6.45) is -2.54. The zero-order valence-corrected chi connectivity index (χ0v) is 8.12. The van der Waals surface area contributed by atoms with E-state index < -0.39 is 29.4 Å². The Morgan fingerprint density at radius 3 is 2.69 bits per heavy atom. The van der Waals surface area contributed by atoms with E-state index in [9.17, 15) is 23.3 Å².